The number of carbonyl (C=O) groups excluding carboxylic acids is 1. The molecule has 1 unspecified atom stereocenters. The molecule has 1 aliphatic carbocycles. The lowest BCUT2D eigenvalue weighted by molar-refractivity contribution is 0.0445. The molecule has 0 spiro atoms. The number of halogens is 2. The number of carbonyl (C=O) groups is 1. The van der Waals surface area contributed by atoms with Gasteiger partial charge in [-0.25, -0.2) is 13.6 Å². The van der Waals surface area contributed by atoms with Crippen molar-refractivity contribution in [1.29, 1.82) is 0 Å². The fourth-order valence-electron chi connectivity index (χ4n) is 2.00. The Morgan fingerprint density at radius 3 is 2.30 bits per heavy atom. The van der Waals surface area contributed by atoms with Crippen LogP contribution in [0.25, 0.3) is 0 Å². The number of hydrogen-bond donors (Lipinski definition) is 0. The van der Waals surface area contributed by atoms with Crippen LogP contribution in [0.1, 0.15) is 23.2 Å². The predicted octanol–water partition coefficient (Wildman–Crippen LogP) is 2.91. The SMILES string of the molecule is COc1cccc(OC)c1C(=O)OCCC1CC1(F)F. The zero-order chi connectivity index (χ0) is 14.8. The van der Waals surface area contributed by atoms with Gasteiger partial charge in [-0.2, -0.15) is 0 Å². The Kier molecular flexibility index (Phi) is 4.11. The van der Waals surface area contributed by atoms with Crippen LogP contribution in [0, 0.1) is 5.92 Å². The van der Waals surface area contributed by atoms with E-state index < -0.39 is 17.8 Å². The summed E-state index contributed by atoms with van der Waals surface area (Å²) in [6, 6.07) is 4.89. The van der Waals surface area contributed by atoms with E-state index in [-0.39, 0.29) is 25.0 Å². The van der Waals surface area contributed by atoms with E-state index in [4.69, 9.17) is 14.2 Å². The van der Waals surface area contributed by atoms with Crippen LogP contribution in [-0.4, -0.2) is 32.7 Å². The zero-order valence-electron chi connectivity index (χ0n) is 11.3. The molecule has 20 heavy (non-hydrogen) atoms. The number of esters is 1. The van der Waals surface area contributed by atoms with Gasteiger partial charge in [-0.05, 0) is 18.6 Å². The molecule has 4 nitrogen and oxygen atoms in total. The van der Waals surface area contributed by atoms with Crippen LogP contribution in [0.2, 0.25) is 0 Å². The summed E-state index contributed by atoms with van der Waals surface area (Å²) in [5, 5.41) is 0. The molecule has 1 aromatic rings. The van der Waals surface area contributed by atoms with Gasteiger partial charge >= 0.3 is 5.97 Å². The van der Waals surface area contributed by atoms with Gasteiger partial charge in [0.05, 0.1) is 20.8 Å². The normalized spacial score (nSPS) is 19.3. The Morgan fingerprint density at radius 1 is 1.30 bits per heavy atom. The molecule has 1 aromatic carbocycles. The van der Waals surface area contributed by atoms with Crippen molar-refractivity contribution in [2.24, 2.45) is 5.92 Å². The highest BCUT2D eigenvalue weighted by Crippen LogP contribution is 2.50. The topological polar surface area (TPSA) is 44.8 Å². The van der Waals surface area contributed by atoms with E-state index in [1.165, 1.54) is 14.2 Å². The third-order valence-corrected chi connectivity index (χ3v) is 3.29. The Bertz CT molecular complexity index is 480. The van der Waals surface area contributed by atoms with Gasteiger partial charge in [-0.3, -0.25) is 0 Å². The lowest BCUT2D eigenvalue weighted by atomic mass is 10.2. The van der Waals surface area contributed by atoms with Gasteiger partial charge in [-0.15, -0.1) is 0 Å². The maximum Gasteiger partial charge on any atom is 0.345 e. The number of methoxy groups -OCH3 is 2. The second-order valence-electron chi connectivity index (χ2n) is 4.62. The van der Waals surface area contributed by atoms with E-state index in [2.05, 4.69) is 0 Å². The summed E-state index contributed by atoms with van der Waals surface area (Å²) >= 11 is 0. The van der Waals surface area contributed by atoms with Crippen molar-refractivity contribution < 1.29 is 27.8 Å². The van der Waals surface area contributed by atoms with Crippen molar-refractivity contribution in [2.45, 2.75) is 18.8 Å². The summed E-state index contributed by atoms with van der Waals surface area (Å²) < 4.78 is 40.6. The van der Waals surface area contributed by atoms with Crippen molar-refractivity contribution in [3.63, 3.8) is 0 Å². The summed E-state index contributed by atoms with van der Waals surface area (Å²) in [7, 11) is 2.85. The fourth-order valence-corrected chi connectivity index (χ4v) is 2.00. The average molecular weight is 286 g/mol. The molecule has 0 amide bonds. The van der Waals surface area contributed by atoms with E-state index in [1.54, 1.807) is 18.2 Å². The number of benzene rings is 1. The van der Waals surface area contributed by atoms with E-state index >= 15 is 0 Å². The maximum atomic E-state index is 12.7. The molecule has 0 N–H and O–H groups in total. The number of ether oxygens (including phenoxy) is 3. The summed E-state index contributed by atoms with van der Waals surface area (Å²) in [6.07, 6.45) is 0.0404. The van der Waals surface area contributed by atoms with Crippen LogP contribution in [0.15, 0.2) is 18.2 Å². The van der Waals surface area contributed by atoms with E-state index in [1.807, 2.05) is 0 Å². The number of hydrogen-bond acceptors (Lipinski definition) is 4. The van der Waals surface area contributed by atoms with Crippen LogP contribution in [0.4, 0.5) is 8.78 Å². The van der Waals surface area contributed by atoms with Crippen molar-refractivity contribution in [1.82, 2.24) is 0 Å². The van der Waals surface area contributed by atoms with Crippen LogP contribution in [0.3, 0.4) is 0 Å². The molecular weight excluding hydrogens is 270 g/mol. The van der Waals surface area contributed by atoms with Crippen LogP contribution in [-0.2, 0) is 4.74 Å². The molecule has 110 valence electrons. The Balaban J connectivity index is 1.98. The fraction of sp³-hybridized carbons (Fsp3) is 0.500. The third kappa shape index (κ3) is 3.00. The summed E-state index contributed by atoms with van der Waals surface area (Å²) in [4.78, 5) is 12.0. The number of alkyl halides is 2. The highest BCUT2D eigenvalue weighted by molar-refractivity contribution is 5.95. The molecule has 0 saturated heterocycles. The smallest absolute Gasteiger partial charge is 0.345 e. The third-order valence-electron chi connectivity index (χ3n) is 3.29. The van der Waals surface area contributed by atoms with Gasteiger partial charge in [0, 0.05) is 12.3 Å². The molecular formula is C14H16F2O4. The lowest BCUT2D eigenvalue weighted by Crippen LogP contribution is -2.11. The van der Waals surface area contributed by atoms with Crippen molar-refractivity contribution in [3.8, 4) is 11.5 Å². The van der Waals surface area contributed by atoms with E-state index in [0.717, 1.165) is 0 Å². The molecule has 1 aliphatic rings. The zero-order valence-corrected chi connectivity index (χ0v) is 11.3. The molecule has 0 aliphatic heterocycles. The first-order valence-electron chi connectivity index (χ1n) is 6.25. The monoisotopic (exact) mass is 286 g/mol. The Labute approximate surface area is 115 Å². The first-order chi connectivity index (χ1) is 9.49. The molecule has 1 atom stereocenters. The second kappa shape index (κ2) is 5.64. The van der Waals surface area contributed by atoms with Gasteiger partial charge in [0.15, 0.2) is 0 Å². The minimum atomic E-state index is -2.59. The molecule has 6 heteroatoms. The van der Waals surface area contributed by atoms with Gasteiger partial charge in [0.2, 0.25) is 0 Å². The minimum Gasteiger partial charge on any atom is -0.496 e. The highest BCUT2D eigenvalue weighted by Gasteiger charge is 2.56. The van der Waals surface area contributed by atoms with Crippen LogP contribution >= 0.6 is 0 Å². The maximum absolute atomic E-state index is 12.7. The van der Waals surface area contributed by atoms with Crippen LogP contribution < -0.4 is 9.47 Å². The molecule has 1 fully saturated rings. The van der Waals surface area contributed by atoms with E-state index in [9.17, 15) is 13.6 Å². The largest absolute Gasteiger partial charge is 0.496 e. The van der Waals surface area contributed by atoms with Gasteiger partial charge in [0.25, 0.3) is 5.92 Å². The summed E-state index contributed by atoms with van der Waals surface area (Å²) in [6.45, 7) is -0.0414. The standard InChI is InChI=1S/C14H16F2O4/c1-18-10-4-3-5-11(19-2)12(10)13(17)20-7-6-9-8-14(9,15)16/h3-5,9H,6-8H2,1-2H3. The predicted molar refractivity (Wildman–Crippen MR) is 67.5 cm³/mol. The molecule has 0 aromatic heterocycles. The van der Waals surface area contributed by atoms with Crippen molar-refractivity contribution in [3.05, 3.63) is 23.8 Å². The Hall–Kier alpha value is -1.85. The molecule has 0 radical (unpaired) electrons. The highest BCUT2D eigenvalue weighted by atomic mass is 19.3. The molecule has 0 bridgehead atoms. The van der Waals surface area contributed by atoms with Crippen molar-refractivity contribution in [2.75, 3.05) is 20.8 Å². The minimum absolute atomic E-state index is 0.0414. The Morgan fingerprint density at radius 2 is 1.85 bits per heavy atom. The second-order valence-corrected chi connectivity index (χ2v) is 4.62. The van der Waals surface area contributed by atoms with Gasteiger partial charge in [-0.1, -0.05) is 6.07 Å². The van der Waals surface area contributed by atoms with E-state index in [0.29, 0.717) is 11.5 Å². The molecule has 2 rings (SSSR count). The summed E-state index contributed by atoms with van der Waals surface area (Å²) in [5.41, 5.74) is 0.167. The molecule has 0 heterocycles. The lowest BCUT2D eigenvalue weighted by Gasteiger charge is -2.12. The van der Waals surface area contributed by atoms with Gasteiger partial charge < -0.3 is 14.2 Å². The average Bonchev–Trinajstić information content (AvgIpc) is 3.04. The first-order valence-corrected chi connectivity index (χ1v) is 6.25. The molecule has 1 saturated carbocycles. The van der Waals surface area contributed by atoms with Crippen LogP contribution in [0.5, 0.6) is 11.5 Å². The number of rotatable bonds is 6. The van der Waals surface area contributed by atoms with Crippen molar-refractivity contribution >= 4 is 5.97 Å². The van der Waals surface area contributed by atoms with Gasteiger partial charge in [0.1, 0.15) is 17.1 Å². The first kappa shape index (κ1) is 14.6. The summed E-state index contributed by atoms with van der Waals surface area (Å²) in [5.74, 6) is -3.25. The quantitative estimate of drug-likeness (QED) is 0.754.